The maximum Gasteiger partial charge on any atom is 0.143 e. The number of halogens is 3. The van der Waals surface area contributed by atoms with Crippen LogP contribution in [0.5, 0.6) is 0 Å². The van der Waals surface area contributed by atoms with Crippen molar-refractivity contribution in [2.75, 3.05) is 0 Å². The Hall–Kier alpha value is -0.960. The quantitative estimate of drug-likeness (QED) is 0.476. The van der Waals surface area contributed by atoms with Gasteiger partial charge in [-0.2, -0.15) is 0 Å². The zero-order chi connectivity index (χ0) is 15.6. The normalized spacial score (nSPS) is 12.9. The van der Waals surface area contributed by atoms with Gasteiger partial charge in [0.1, 0.15) is 11.6 Å². The summed E-state index contributed by atoms with van der Waals surface area (Å²) >= 11 is 4.25. The third kappa shape index (κ3) is 3.45. The Balaban J connectivity index is 2.36. The van der Waals surface area contributed by atoms with Gasteiger partial charge in [-0.3, -0.25) is 11.3 Å². The molecule has 4 nitrogen and oxygen atoms in total. The zero-order valence-corrected chi connectivity index (χ0v) is 13.9. The molecule has 1 atom stereocenters. The van der Waals surface area contributed by atoms with E-state index < -0.39 is 17.7 Å². The van der Waals surface area contributed by atoms with E-state index in [-0.39, 0.29) is 22.4 Å². The van der Waals surface area contributed by atoms with Crippen LogP contribution in [-0.4, -0.2) is 9.59 Å². The Morgan fingerprint density at radius 2 is 2.10 bits per heavy atom. The van der Waals surface area contributed by atoms with Crippen molar-refractivity contribution in [1.82, 2.24) is 15.0 Å². The van der Waals surface area contributed by atoms with Gasteiger partial charge in [-0.05, 0) is 51.9 Å². The summed E-state index contributed by atoms with van der Waals surface area (Å²) in [5.74, 6) is 4.51. The summed E-state index contributed by atoms with van der Waals surface area (Å²) in [4.78, 5) is 0.797. The lowest BCUT2D eigenvalue weighted by atomic mass is 10.00. The van der Waals surface area contributed by atoms with Crippen LogP contribution in [0.3, 0.4) is 0 Å². The molecule has 1 aromatic carbocycles. The number of nitrogens with zero attached hydrogens (tertiary/aromatic N) is 2. The molecule has 114 valence electrons. The van der Waals surface area contributed by atoms with Crippen LogP contribution in [0.2, 0.25) is 0 Å². The van der Waals surface area contributed by atoms with Gasteiger partial charge in [-0.1, -0.05) is 18.3 Å². The highest BCUT2D eigenvalue weighted by Crippen LogP contribution is 2.31. The van der Waals surface area contributed by atoms with Gasteiger partial charge < -0.3 is 0 Å². The first-order valence-corrected chi connectivity index (χ1v) is 7.93. The maximum absolute atomic E-state index is 14.1. The van der Waals surface area contributed by atoms with Crippen molar-refractivity contribution in [1.29, 1.82) is 0 Å². The lowest BCUT2D eigenvalue weighted by Gasteiger charge is -2.17. The first kappa shape index (κ1) is 16.4. The van der Waals surface area contributed by atoms with Crippen molar-refractivity contribution in [3.8, 4) is 0 Å². The highest BCUT2D eigenvalue weighted by atomic mass is 79.9. The summed E-state index contributed by atoms with van der Waals surface area (Å²) in [5.41, 5.74) is 3.38. The minimum atomic E-state index is -0.612. The van der Waals surface area contributed by atoms with Crippen LogP contribution in [0, 0.1) is 11.6 Å². The zero-order valence-electron chi connectivity index (χ0n) is 11.5. The van der Waals surface area contributed by atoms with E-state index in [1.807, 2.05) is 13.8 Å². The van der Waals surface area contributed by atoms with E-state index in [1.165, 1.54) is 23.7 Å². The molecule has 0 amide bonds. The largest absolute Gasteiger partial charge is 0.271 e. The Morgan fingerprint density at radius 3 is 2.71 bits per heavy atom. The first-order valence-electron chi connectivity index (χ1n) is 6.36. The van der Waals surface area contributed by atoms with E-state index in [0.29, 0.717) is 0 Å². The maximum atomic E-state index is 14.1. The van der Waals surface area contributed by atoms with Gasteiger partial charge in [0.2, 0.25) is 0 Å². The first-order chi connectivity index (χ1) is 9.95. The van der Waals surface area contributed by atoms with Gasteiger partial charge in [0.15, 0.2) is 0 Å². The second kappa shape index (κ2) is 6.87. The average Bonchev–Trinajstić information content (AvgIpc) is 2.93. The Bertz CT molecular complexity index is 633. The molecule has 2 aromatic rings. The number of hydrazine groups is 1. The van der Waals surface area contributed by atoms with Crippen LogP contribution in [-0.2, 0) is 6.42 Å². The summed E-state index contributed by atoms with van der Waals surface area (Å²) < 4.78 is 32.1. The number of nitrogens with two attached hydrogens (primary N) is 1. The Kier molecular flexibility index (Phi) is 5.37. The SMILES string of the molecule is CC(C)c1nnsc1C(Cc1c(F)ccc(Br)c1F)NN. The third-order valence-electron chi connectivity index (χ3n) is 3.15. The van der Waals surface area contributed by atoms with Crippen molar-refractivity contribution >= 4 is 27.5 Å². The van der Waals surface area contributed by atoms with Gasteiger partial charge in [0.25, 0.3) is 0 Å². The minimum absolute atomic E-state index is 0.0181. The summed E-state index contributed by atoms with van der Waals surface area (Å²) in [7, 11) is 0. The van der Waals surface area contributed by atoms with E-state index in [1.54, 1.807) is 0 Å². The number of rotatable bonds is 5. The molecule has 2 rings (SSSR count). The van der Waals surface area contributed by atoms with Crippen LogP contribution in [0.25, 0.3) is 0 Å². The molecule has 1 unspecified atom stereocenters. The number of aromatic nitrogens is 2. The smallest absolute Gasteiger partial charge is 0.143 e. The van der Waals surface area contributed by atoms with Crippen molar-refractivity contribution in [2.45, 2.75) is 32.2 Å². The summed E-state index contributed by atoms with van der Waals surface area (Å²) in [6, 6.07) is 2.12. The summed E-state index contributed by atoms with van der Waals surface area (Å²) in [5, 5.41) is 4.06. The lowest BCUT2D eigenvalue weighted by molar-refractivity contribution is 0.498. The van der Waals surface area contributed by atoms with Crippen molar-refractivity contribution in [2.24, 2.45) is 5.84 Å². The van der Waals surface area contributed by atoms with Crippen molar-refractivity contribution in [3.63, 3.8) is 0 Å². The molecule has 1 heterocycles. The highest BCUT2D eigenvalue weighted by Gasteiger charge is 2.24. The van der Waals surface area contributed by atoms with E-state index >= 15 is 0 Å². The van der Waals surface area contributed by atoms with Crippen LogP contribution in [0.1, 0.15) is 41.9 Å². The van der Waals surface area contributed by atoms with E-state index in [0.717, 1.165) is 10.6 Å². The fourth-order valence-corrected chi connectivity index (χ4v) is 3.27. The average molecular weight is 377 g/mol. The van der Waals surface area contributed by atoms with Gasteiger partial charge in [0, 0.05) is 5.56 Å². The fraction of sp³-hybridized carbons (Fsp3) is 0.385. The van der Waals surface area contributed by atoms with Crippen LogP contribution in [0.15, 0.2) is 16.6 Å². The highest BCUT2D eigenvalue weighted by molar-refractivity contribution is 9.10. The second-order valence-electron chi connectivity index (χ2n) is 4.92. The molecule has 8 heteroatoms. The molecular weight excluding hydrogens is 362 g/mol. The number of benzene rings is 1. The van der Waals surface area contributed by atoms with Gasteiger partial charge in [0.05, 0.1) is 21.1 Å². The molecule has 1 aromatic heterocycles. The molecule has 0 saturated carbocycles. The number of hydrogen-bond donors (Lipinski definition) is 2. The molecule has 0 aliphatic heterocycles. The third-order valence-corrected chi connectivity index (χ3v) is 4.62. The predicted molar refractivity (Wildman–Crippen MR) is 81.8 cm³/mol. The lowest BCUT2D eigenvalue weighted by Crippen LogP contribution is -2.30. The minimum Gasteiger partial charge on any atom is -0.271 e. The molecule has 0 aliphatic carbocycles. The van der Waals surface area contributed by atoms with Gasteiger partial charge in [-0.15, -0.1) is 5.10 Å². The van der Waals surface area contributed by atoms with E-state index in [9.17, 15) is 8.78 Å². The molecule has 0 radical (unpaired) electrons. The van der Waals surface area contributed by atoms with Crippen LogP contribution >= 0.6 is 27.5 Å². The van der Waals surface area contributed by atoms with Gasteiger partial charge in [-0.25, -0.2) is 8.78 Å². The molecule has 21 heavy (non-hydrogen) atoms. The predicted octanol–water partition coefficient (Wildman–Crippen LogP) is 3.45. The Labute approximate surface area is 134 Å². The van der Waals surface area contributed by atoms with Gasteiger partial charge >= 0.3 is 0 Å². The van der Waals surface area contributed by atoms with Crippen molar-refractivity contribution in [3.05, 3.63) is 44.4 Å². The van der Waals surface area contributed by atoms with E-state index in [2.05, 4.69) is 30.9 Å². The molecule has 0 bridgehead atoms. The monoisotopic (exact) mass is 376 g/mol. The fourth-order valence-electron chi connectivity index (χ4n) is 2.03. The summed E-state index contributed by atoms with van der Waals surface area (Å²) in [6.45, 7) is 3.96. The molecule has 3 N–H and O–H groups in total. The number of hydrogen-bond acceptors (Lipinski definition) is 5. The number of nitrogens with one attached hydrogen (secondary N) is 1. The van der Waals surface area contributed by atoms with E-state index in [4.69, 9.17) is 5.84 Å². The standard InChI is InChI=1S/C13H15BrF2N4S/c1-6(2)12-13(21-20-19-12)10(18-17)5-7-9(15)4-3-8(14)11(7)16/h3-4,6,10,18H,5,17H2,1-2H3. The Morgan fingerprint density at radius 1 is 1.38 bits per heavy atom. The van der Waals surface area contributed by atoms with Crippen LogP contribution in [0.4, 0.5) is 8.78 Å². The topological polar surface area (TPSA) is 63.8 Å². The molecule has 0 spiro atoms. The summed E-state index contributed by atoms with van der Waals surface area (Å²) in [6.07, 6.45) is 0.0806. The molecule has 0 saturated heterocycles. The molecular formula is C13H15BrF2N4S. The van der Waals surface area contributed by atoms with Crippen molar-refractivity contribution < 1.29 is 8.78 Å². The van der Waals surface area contributed by atoms with Crippen LogP contribution < -0.4 is 11.3 Å². The molecule has 0 aliphatic rings. The second-order valence-corrected chi connectivity index (χ2v) is 6.56. The molecule has 0 fully saturated rings.